The zero-order chi connectivity index (χ0) is 14.2. The van der Waals surface area contributed by atoms with Gasteiger partial charge in [0.05, 0.1) is 13.7 Å². The predicted octanol–water partition coefficient (Wildman–Crippen LogP) is 2.90. The number of hydrogen-bond donors (Lipinski definition) is 1. The predicted molar refractivity (Wildman–Crippen MR) is 81.1 cm³/mol. The number of hydrogen-bond acceptors (Lipinski definition) is 3. The van der Waals surface area contributed by atoms with E-state index in [9.17, 15) is 4.79 Å². The van der Waals surface area contributed by atoms with Crippen molar-refractivity contribution in [3.05, 3.63) is 24.3 Å². The molecule has 0 aliphatic carbocycles. The number of anilines is 1. The molecule has 1 aromatic rings. The number of ether oxygens (including phenoxy) is 1. The van der Waals surface area contributed by atoms with Crippen LogP contribution in [-0.2, 0) is 4.79 Å². The molecular weight excluding hydrogens is 252 g/mol. The maximum absolute atomic E-state index is 12.1. The molecule has 1 saturated heterocycles. The normalized spacial score (nSPS) is 17.1. The molecule has 0 unspecified atom stereocenters. The number of nitrogens with one attached hydrogen (secondary N) is 1. The summed E-state index contributed by atoms with van der Waals surface area (Å²) in [6, 6.07) is 7.47. The first kappa shape index (κ1) is 14.9. The second kappa shape index (κ2) is 7.90. The fourth-order valence-electron chi connectivity index (χ4n) is 2.58. The van der Waals surface area contributed by atoms with E-state index in [0.717, 1.165) is 24.5 Å². The van der Waals surface area contributed by atoms with Crippen molar-refractivity contribution in [3.63, 3.8) is 0 Å². The fraction of sp³-hybridized carbons (Fsp3) is 0.562. The Morgan fingerprint density at radius 3 is 2.60 bits per heavy atom. The Kier molecular flexibility index (Phi) is 5.87. The molecule has 0 atom stereocenters. The average molecular weight is 276 g/mol. The van der Waals surface area contributed by atoms with E-state index in [1.807, 2.05) is 24.3 Å². The van der Waals surface area contributed by atoms with Crippen LogP contribution in [0.3, 0.4) is 0 Å². The van der Waals surface area contributed by atoms with E-state index in [0.29, 0.717) is 6.54 Å². The Labute approximate surface area is 121 Å². The molecule has 0 spiro atoms. The van der Waals surface area contributed by atoms with Crippen LogP contribution in [0.25, 0.3) is 0 Å². The van der Waals surface area contributed by atoms with Crippen LogP contribution in [0.2, 0.25) is 0 Å². The third-order valence-electron chi connectivity index (χ3n) is 3.67. The topological polar surface area (TPSA) is 41.6 Å². The largest absolute Gasteiger partial charge is 0.497 e. The standard InChI is InChI=1S/C16H24N2O2/c1-20-15-9-7-8-14(12-15)17-16(19)13-18-10-5-3-2-4-6-11-18/h7-9,12H,2-6,10-11,13H2,1H3,(H,17,19). The highest BCUT2D eigenvalue weighted by Gasteiger charge is 2.12. The van der Waals surface area contributed by atoms with E-state index in [-0.39, 0.29) is 5.91 Å². The third kappa shape index (κ3) is 4.85. The van der Waals surface area contributed by atoms with Gasteiger partial charge in [-0.05, 0) is 38.1 Å². The van der Waals surface area contributed by atoms with Gasteiger partial charge >= 0.3 is 0 Å². The van der Waals surface area contributed by atoms with Crippen molar-refractivity contribution in [1.82, 2.24) is 4.90 Å². The van der Waals surface area contributed by atoms with Crippen LogP contribution in [-0.4, -0.2) is 37.6 Å². The summed E-state index contributed by atoms with van der Waals surface area (Å²) in [6.07, 6.45) is 6.31. The Bertz CT molecular complexity index is 426. The summed E-state index contributed by atoms with van der Waals surface area (Å²) in [5, 5.41) is 2.94. The summed E-state index contributed by atoms with van der Waals surface area (Å²) >= 11 is 0. The highest BCUT2D eigenvalue weighted by atomic mass is 16.5. The SMILES string of the molecule is COc1cccc(NC(=O)CN2CCCCCCC2)c1. The van der Waals surface area contributed by atoms with Crippen molar-refractivity contribution in [1.29, 1.82) is 0 Å². The minimum absolute atomic E-state index is 0.0545. The number of benzene rings is 1. The molecule has 0 radical (unpaired) electrons. The molecule has 1 aromatic carbocycles. The van der Waals surface area contributed by atoms with Crippen LogP contribution in [0.15, 0.2) is 24.3 Å². The van der Waals surface area contributed by atoms with Gasteiger partial charge in [0.1, 0.15) is 5.75 Å². The molecular formula is C16H24N2O2. The maximum atomic E-state index is 12.1. The number of nitrogens with zero attached hydrogens (tertiary/aromatic N) is 1. The van der Waals surface area contributed by atoms with Gasteiger partial charge in [-0.1, -0.05) is 25.3 Å². The molecule has 0 saturated carbocycles. The molecule has 0 aromatic heterocycles. The Balaban J connectivity index is 1.84. The first-order valence-corrected chi connectivity index (χ1v) is 7.44. The smallest absolute Gasteiger partial charge is 0.238 e. The lowest BCUT2D eigenvalue weighted by Crippen LogP contribution is -2.35. The van der Waals surface area contributed by atoms with E-state index < -0.39 is 0 Å². The van der Waals surface area contributed by atoms with Gasteiger partial charge in [0.2, 0.25) is 5.91 Å². The number of carbonyl (C=O) groups is 1. The van der Waals surface area contributed by atoms with Crippen molar-refractivity contribution >= 4 is 11.6 Å². The van der Waals surface area contributed by atoms with Gasteiger partial charge in [-0.3, -0.25) is 9.69 Å². The fourth-order valence-corrected chi connectivity index (χ4v) is 2.58. The first-order valence-electron chi connectivity index (χ1n) is 7.44. The number of rotatable bonds is 4. The van der Waals surface area contributed by atoms with Gasteiger partial charge in [0.15, 0.2) is 0 Å². The molecule has 110 valence electrons. The highest BCUT2D eigenvalue weighted by Crippen LogP contribution is 2.17. The van der Waals surface area contributed by atoms with E-state index in [1.54, 1.807) is 7.11 Å². The minimum atomic E-state index is 0.0545. The van der Waals surface area contributed by atoms with E-state index in [4.69, 9.17) is 4.74 Å². The van der Waals surface area contributed by atoms with Crippen molar-refractivity contribution in [2.45, 2.75) is 32.1 Å². The van der Waals surface area contributed by atoms with Gasteiger partial charge in [-0.25, -0.2) is 0 Å². The minimum Gasteiger partial charge on any atom is -0.497 e. The molecule has 2 rings (SSSR count). The van der Waals surface area contributed by atoms with Gasteiger partial charge in [0, 0.05) is 11.8 Å². The highest BCUT2D eigenvalue weighted by molar-refractivity contribution is 5.92. The van der Waals surface area contributed by atoms with Gasteiger partial charge in [-0.15, -0.1) is 0 Å². The Morgan fingerprint density at radius 1 is 1.20 bits per heavy atom. The summed E-state index contributed by atoms with van der Waals surface area (Å²) in [5.74, 6) is 0.813. The molecule has 1 aliphatic rings. The molecule has 4 nitrogen and oxygen atoms in total. The molecule has 1 N–H and O–H groups in total. The van der Waals surface area contributed by atoms with E-state index >= 15 is 0 Å². The molecule has 0 bridgehead atoms. The molecule has 20 heavy (non-hydrogen) atoms. The summed E-state index contributed by atoms with van der Waals surface area (Å²) < 4.78 is 5.16. The number of amides is 1. The second-order valence-electron chi connectivity index (χ2n) is 5.32. The van der Waals surface area contributed by atoms with Crippen molar-refractivity contribution < 1.29 is 9.53 Å². The quantitative estimate of drug-likeness (QED) is 0.919. The Hall–Kier alpha value is -1.55. The molecule has 1 aliphatic heterocycles. The number of methoxy groups -OCH3 is 1. The van der Waals surface area contributed by atoms with Crippen molar-refractivity contribution in [2.75, 3.05) is 32.1 Å². The van der Waals surface area contributed by atoms with Gasteiger partial charge < -0.3 is 10.1 Å². The monoisotopic (exact) mass is 276 g/mol. The Morgan fingerprint density at radius 2 is 1.90 bits per heavy atom. The van der Waals surface area contributed by atoms with Crippen molar-refractivity contribution in [3.8, 4) is 5.75 Å². The summed E-state index contributed by atoms with van der Waals surface area (Å²) in [7, 11) is 1.63. The molecule has 1 heterocycles. The lowest BCUT2D eigenvalue weighted by molar-refractivity contribution is -0.117. The van der Waals surface area contributed by atoms with Crippen LogP contribution in [0.1, 0.15) is 32.1 Å². The van der Waals surface area contributed by atoms with E-state index in [2.05, 4.69) is 10.2 Å². The molecule has 1 fully saturated rings. The summed E-state index contributed by atoms with van der Waals surface area (Å²) in [6.45, 7) is 2.55. The van der Waals surface area contributed by atoms with Crippen LogP contribution < -0.4 is 10.1 Å². The number of carbonyl (C=O) groups excluding carboxylic acids is 1. The van der Waals surface area contributed by atoms with Crippen LogP contribution >= 0.6 is 0 Å². The lowest BCUT2D eigenvalue weighted by Gasteiger charge is -2.23. The van der Waals surface area contributed by atoms with E-state index in [1.165, 1.54) is 32.1 Å². The maximum Gasteiger partial charge on any atom is 0.238 e. The average Bonchev–Trinajstić information content (AvgIpc) is 2.42. The lowest BCUT2D eigenvalue weighted by atomic mass is 10.1. The second-order valence-corrected chi connectivity index (χ2v) is 5.32. The van der Waals surface area contributed by atoms with Crippen LogP contribution in [0, 0.1) is 0 Å². The first-order chi connectivity index (χ1) is 9.78. The van der Waals surface area contributed by atoms with Gasteiger partial charge in [0.25, 0.3) is 0 Å². The summed E-state index contributed by atoms with van der Waals surface area (Å²) in [4.78, 5) is 14.3. The van der Waals surface area contributed by atoms with Crippen LogP contribution in [0.4, 0.5) is 5.69 Å². The molecule has 4 heteroatoms. The van der Waals surface area contributed by atoms with Gasteiger partial charge in [-0.2, -0.15) is 0 Å². The molecule has 1 amide bonds. The van der Waals surface area contributed by atoms with Crippen molar-refractivity contribution in [2.24, 2.45) is 0 Å². The third-order valence-corrected chi connectivity index (χ3v) is 3.67. The zero-order valence-electron chi connectivity index (χ0n) is 12.2. The summed E-state index contributed by atoms with van der Waals surface area (Å²) in [5.41, 5.74) is 0.793. The number of likely N-dealkylation sites (tertiary alicyclic amines) is 1. The van der Waals surface area contributed by atoms with Crippen LogP contribution in [0.5, 0.6) is 5.75 Å². The zero-order valence-corrected chi connectivity index (χ0v) is 12.2.